The van der Waals surface area contributed by atoms with Crippen LogP contribution in [-0.4, -0.2) is 29.9 Å². The van der Waals surface area contributed by atoms with E-state index in [2.05, 4.69) is 324 Å². The molecule has 94 heavy (non-hydrogen) atoms. The second-order valence-electron chi connectivity index (χ2n) is 30.3. The molecule has 9 rings (SSSR count). The van der Waals surface area contributed by atoms with E-state index in [9.17, 15) is 0 Å². The van der Waals surface area contributed by atoms with Gasteiger partial charge in [-0.05, 0) is 189 Å². The van der Waals surface area contributed by atoms with E-state index in [4.69, 9.17) is 4.42 Å². The minimum absolute atomic E-state index is 0.374. The molecule has 514 valence electrons. The van der Waals surface area contributed by atoms with E-state index in [1.165, 1.54) is 94.8 Å². The van der Waals surface area contributed by atoms with Crippen LogP contribution >= 0.6 is 11.3 Å². The summed E-state index contributed by atoms with van der Waals surface area (Å²) in [5.74, 6) is 7.80. The molecule has 0 saturated carbocycles. The molecular formula is C86H128N6OS. The first kappa shape index (κ1) is 81.9. The fourth-order valence-corrected chi connectivity index (χ4v) is 12.2. The van der Waals surface area contributed by atoms with Crippen LogP contribution in [0.3, 0.4) is 0 Å². The van der Waals surface area contributed by atoms with Crippen LogP contribution in [0.2, 0.25) is 0 Å². The third-order valence-electron chi connectivity index (χ3n) is 17.3. The minimum atomic E-state index is 0.374. The number of thiazole rings is 1. The molecule has 0 saturated heterocycles. The van der Waals surface area contributed by atoms with Gasteiger partial charge in [-0.25, -0.2) is 9.97 Å². The van der Waals surface area contributed by atoms with E-state index in [0.29, 0.717) is 82.9 Å². The number of rotatable bonds is 14. The lowest BCUT2D eigenvalue weighted by atomic mass is 9.93. The van der Waals surface area contributed by atoms with Crippen molar-refractivity contribution in [3.63, 3.8) is 0 Å². The summed E-state index contributed by atoms with van der Waals surface area (Å²) in [6.45, 7) is 70.4. The predicted molar refractivity (Wildman–Crippen MR) is 413 cm³/mol. The fraction of sp³-hybridized carbons (Fsp3) is 0.535. The van der Waals surface area contributed by atoms with E-state index in [-0.39, 0.29) is 0 Å². The zero-order valence-corrected chi connectivity index (χ0v) is 65.8. The van der Waals surface area contributed by atoms with Gasteiger partial charge in [0.2, 0.25) is 0 Å². The maximum absolute atomic E-state index is 5.45. The van der Waals surface area contributed by atoms with E-state index in [1.807, 2.05) is 30.3 Å². The maximum Gasteiger partial charge on any atom is 0.182 e. The van der Waals surface area contributed by atoms with Gasteiger partial charge in [-0.2, -0.15) is 0 Å². The Kier molecular flexibility index (Phi) is 33.9. The number of hydrogen-bond acceptors (Lipinski definition) is 8. The summed E-state index contributed by atoms with van der Waals surface area (Å²) in [5, 5.41) is 0. The molecule has 0 radical (unpaired) electrons. The number of oxazole rings is 1. The number of benzene rings is 3. The van der Waals surface area contributed by atoms with Crippen molar-refractivity contribution in [3.8, 4) is 0 Å². The van der Waals surface area contributed by atoms with E-state index >= 15 is 0 Å². The van der Waals surface area contributed by atoms with Gasteiger partial charge >= 0.3 is 0 Å². The van der Waals surface area contributed by atoms with Crippen LogP contribution in [0.1, 0.15) is 377 Å². The van der Waals surface area contributed by atoms with Crippen molar-refractivity contribution < 1.29 is 4.42 Å². The molecule has 6 heterocycles. The molecule has 0 amide bonds. The molecule has 0 spiro atoms. The van der Waals surface area contributed by atoms with Gasteiger partial charge in [-0.15, -0.1) is 11.3 Å². The van der Waals surface area contributed by atoms with Crippen LogP contribution in [0.5, 0.6) is 0 Å². The Balaban J connectivity index is 0.000000286. The van der Waals surface area contributed by atoms with Crippen LogP contribution in [0.15, 0.2) is 114 Å². The van der Waals surface area contributed by atoms with Crippen molar-refractivity contribution in [1.82, 2.24) is 29.9 Å². The largest absolute Gasteiger partial charge is 0.443 e. The highest BCUT2D eigenvalue weighted by atomic mass is 32.1. The van der Waals surface area contributed by atoms with Crippen LogP contribution in [0, 0.1) is 27.7 Å². The fourth-order valence-electron chi connectivity index (χ4n) is 11.2. The number of nitrogens with zero attached hydrogens (tertiary/aromatic N) is 6. The molecule has 7 nitrogen and oxygen atoms in total. The Morgan fingerprint density at radius 1 is 0.277 bits per heavy atom. The highest BCUT2D eigenvalue weighted by Gasteiger charge is 2.18. The SMILES string of the molecule is CC(C)c1ccc(C(C)C)nc1.CC(C)c1ncc(C(C)C)c2ocnc12.CC(C)c1ncc(C(C)C)c2scnc12.Cc1cc(C(C)C)ccc1C(C)C.Cc1cc(C(C)C)ccc1C(C)C.Cc1cc(C(C)C)ccc1C(C)C.Cc1cc(C(C)C)cnc1C(C)C. The average molecular weight is 1290 g/mol. The molecule has 0 bridgehead atoms. The van der Waals surface area contributed by atoms with Crippen LogP contribution in [-0.2, 0) is 0 Å². The average Bonchev–Trinajstić information content (AvgIpc) is 1.59. The summed E-state index contributed by atoms with van der Waals surface area (Å²) in [6, 6.07) is 27.1. The van der Waals surface area contributed by atoms with Gasteiger partial charge in [0.15, 0.2) is 12.0 Å². The molecule has 8 heteroatoms. The number of fused-ring (bicyclic) bond motifs is 2. The standard InChI is InChI=1S/3C13H20.C12H16N2O.C12H16N2S.C12H19N.C11H17N/c3*1-9(2)12-6-7-13(10(3)4)11(5)8-12;2*1-7(2)9-5-13-10(8(3)4)11-12(9)15-6-14-11;1-8(2)11-6-10(5)12(9(3)4)13-7-11;1-8(2)10-5-6-11(9(3)4)12-7-10/h3*6-10H,1-5H3;2*5-8H,1-4H3;6-9H,1-5H3;5-9H,1-4H3. The second-order valence-corrected chi connectivity index (χ2v) is 31.1. The molecule has 0 aliphatic carbocycles. The second kappa shape index (κ2) is 39.0. The summed E-state index contributed by atoms with van der Waals surface area (Å²) in [7, 11) is 0. The van der Waals surface area contributed by atoms with Crippen molar-refractivity contribution in [2.75, 3.05) is 0 Å². The predicted octanol–water partition coefficient (Wildman–Crippen LogP) is 27.1. The van der Waals surface area contributed by atoms with Gasteiger partial charge in [0.05, 0.1) is 21.6 Å². The van der Waals surface area contributed by atoms with Crippen LogP contribution in [0.4, 0.5) is 0 Å². The number of aryl methyl sites for hydroxylation is 4. The molecule has 6 aromatic heterocycles. The molecule has 0 aliphatic heterocycles. The zero-order chi connectivity index (χ0) is 71.2. The lowest BCUT2D eigenvalue weighted by molar-refractivity contribution is 0.594. The van der Waals surface area contributed by atoms with Gasteiger partial charge in [-0.3, -0.25) is 19.9 Å². The topological polar surface area (TPSA) is 90.5 Å². The molecule has 0 fully saturated rings. The molecule has 0 aliphatic rings. The lowest BCUT2D eigenvalue weighted by Gasteiger charge is -2.13. The maximum atomic E-state index is 5.45. The first-order chi connectivity index (χ1) is 43.9. The number of pyridine rings is 4. The summed E-state index contributed by atoms with van der Waals surface area (Å²) < 4.78 is 6.76. The number of hydrogen-bond donors (Lipinski definition) is 0. The summed E-state index contributed by atoms with van der Waals surface area (Å²) >= 11 is 1.72. The molecular weight excluding hydrogens is 1170 g/mol. The third kappa shape index (κ3) is 24.7. The van der Waals surface area contributed by atoms with E-state index in [0.717, 1.165) is 33.6 Å². The quantitative estimate of drug-likeness (QED) is 0.107. The molecule has 0 unspecified atom stereocenters. The van der Waals surface area contributed by atoms with Gasteiger partial charge < -0.3 is 4.42 Å². The van der Waals surface area contributed by atoms with Gasteiger partial charge in [0.1, 0.15) is 11.0 Å². The first-order valence-electron chi connectivity index (χ1n) is 35.6. The van der Waals surface area contributed by atoms with Crippen LogP contribution < -0.4 is 0 Å². The minimum Gasteiger partial charge on any atom is -0.443 e. The lowest BCUT2D eigenvalue weighted by Crippen LogP contribution is -1.99. The summed E-state index contributed by atoms with van der Waals surface area (Å²) in [5.41, 5.74) is 28.9. The van der Waals surface area contributed by atoms with Crippen molar-refractivity contribution in [2.24, 2.45) is 0 Å². The molecule has 3 aromatic carbocycles. The zero-order valence-electron chi connectivity index (χ0n) is 65.0. The molecule has 9 aromatic rings. The van der Waals surface area contributed by atoms with Crippen molar-refractivity contribution in [3.05, 3.63) is 210 Å². The highest BCUT2D eigenvalue weighted by molar-refractivity contribution is 7.17. The van der Waals surface area contributed by atoms with Gasteiger partial charge in [0, 0.05) is 41.7 Å². The Morgan fingerprint density at radius 2 is 0.628 bits per heavy atom. The Hall–Kier alpha value is -6.38. The monoisotopic (exact) mass is 1290 g/mol. The van der Waals surface area contributed by atoms with E-state index in [1.54, 1.807) is 11.3 Å². The smallest absolute Gasteiger partial charge is 0.182 e. The van der Waals surface area contributed by atoms with E-state index < -0.39 is 0 Å². The van der Waals surface area contributed by atoms with Gasteiger partial charge in [-0.1, -0.05) is 261 Å². The Morgan fingerprint density at radius 3 is 0.957 bits per heavy atom. The normalized spacial score (nSPS) is 11.5. The highest BCUT2D eigenvalue weighted by Crippen LogP contribution is 2.33. The van der Waals surface area contributed by atoms with Crippen molar-refractivity contribution in [2.45, 2.75) is 304 Å². The Bertz CT molecular complexity index is 3210. The molecule has 0 N–H and O–H groups in total. The van der Waals surface area contributed by atoms with Crippen LogP contribution in [0.25, 0.3) is 21.3 Å². The van der Waals surface area contributed by atoms with Gasteiger partial charge in [0.25, 0.3) is 0 Å². The molecule has 0 atom stereocenters. The third-order valence-corrected chi connectivity index (χ3v) is 18.2. The Labute approximate surface area is 578 Å². The summed E-state index contributed by atoms with van der Waals surface area (Å²) in [6.07, 6.45) is 9.42. The van der Waals surface area contributed by atoms with Crippen molar-refractivity contribution >= 4 is 32.7 Å². The first-order valence-corrected chi connectivity index (χ1v) is 36.5. The summed E-state index contributed by atoms with van der Waals surface area (Å²) in [4.78, 5) is 26.6. The van der Waals surface area contributed by atoms with Crippen molar-refractivity contribution in [1.29, 1.82) is 0 Å². The number of aromatic nitrogens is 6.